The van der Waals surface area contributed by atoms with Gasteiger partial charge in [0.2, 0.25) is 11.9 Å². The summed E-state index contributed by atoms with van der Waals surface area (Å²) in [6.07, 6.45) is -0.0316. The number of carboxylic acids is 1. The SMILES string of the molecule is O=C(O)C(C(=O)c1ccccc1)N(S)C(=O)Cc1ccccc1. The molecule has 118 valence electrons. The van der Waals surface area contributed by atoms with Gasteiger partial charge in [-0.15, -0.1) is 0 Å². The van der Waals surface area contributed by atoms with Crippen molar-refractivity contribution < 1.29 is 19.5 Å². The van der Waals surface area contributed by atoms with Crippen molar-refractivity contribution in [3.05, 3.63) is 71.8 Å². The molecule has 0 heterocycles. The lowest BCUT2D eigenvalue weighted by Gasteiger charge is -2.22. The molecular formula is C17H15NO4S. The first-order valence-electron chi connectivity index (χ1n) is 6.87. The zero-order chi connectivity index (χ0) is 16.8. The Morgan fingerprint density at radius 1 is 0.957 bits per heavy atom. The van der Waals surface area contributed by atoms with Crippen LogP contribution >= 0.6 is 12.8 Å². The molecule has 0 spiro atoms. The summed E-state index contributed by atoms with van der Waals surface area (Å²) in [5.41, 5.74) is 0.930. The van der Waals surface area contributed by atoms with E-state index >= 15 is 0 Å². The number of nitrogens with zero attached hydrogens (tertiary/aromatic N) is 1. The zero-order valence-electron chi connectivity index (χ0n) is 12.1. The van der Waals surface area contributed by atoms with Crippen molar-refractivity contribution in [3.8, 4) is 0 Å². The first-order valence-corrected chi connectivity index (χ1v) is 7.27. The molecule has 0 saturated carbocycles. The van der Waals surface area contributed by atoms with Crippen molar-refractivity contribution >= 4 is 30.5 Å². The van der Waals surface area contributed by atoms with Gasteiger partial charge in [-0.25, -0.2) is 4.79 Å². The average Bonchev–Trinajstić information content (AvgIpc) is 2.56. The predicted molar refractivity (Wildman–Crippen MR) is 88.2 cm³/mol. The van der Waals surface area contributed by atoms with Crippen LogP contribution in [0.25, 0.3) is 0 Å². The van der Waals surface area contributed by atoms with Crippen LogP contribution in [0.15, 0.2) is 60.7 Å². The highest BCUT2D eigenvalue weighted by atomic mass is 32.1. The summed E-state index contributed by atoms with van der Waals surface area (Å²) in [6.45, 7) is 0. The zero-order valence-corrected chi connectivity index (χ0v) is 13.0. The number of carboxylic acid groups (broad SMARTS) is 1. The lowest BCUT2D eigenvalue weighted by atomic mass is 10.0. The molecule has 6 heteroatoms. The Balaban J connectivity index is 2.18. The molecule has 2 aromatic rings. The molecule has 0 fully saturated rings. The van der Waals surface area contributed by atoms with Crippen LogP contribution in [0.2, 0.25) is 0 Å². The number of hydrogen-bond donors (Lipinski definition) is 2. The number of hydrogen-bond acceptors (Lipinski definition) is 4. The molecule has 23 heavy (non-hydrogen) atoms. The Hall–Kier alpha value is -2.60. The Morgan fingerprint density at radius 3 is 2.00 bits per heavy atom. The Bertz CT molecular complexity index is 703. The maximum absolute atomic E-state index is 12.4. The minimum absolute atomic E-state index is 0.0316. The Labute approximate surface area is 139 Å². The van der Waals surface area contributed by atoms with Crippen molar-refractivity contribution in [1.29, 1.82) is 0 Å². The predicted octanol–water partition coefficient (Wildman–Crippen LogP) is 2.24. The van der Waals surface area contributed by atoms with Crippen LogP contribution in [0.5, 0.6) is 0 Å². The van der Waals surface area contributed by atoms with Crippen molar-refractivity contribution in [2.24, 2.45) is 0 Å². The quantitative estimate of drug-likeness (QED) is 0.484. The normalized spacial score (nSPS) is 11.5. The van der Waals surface area contributed by atoms with Gasteiger partial charge >= 0.3 is 5.97 Å². The van der Waals surface area contributed by atoms with Crippen LogP contribution < -0.4 is 0 Å². The number of thiol groups is 1. The molecule has 1 atom stereocenters. The van der Waals surface area contributed by atoms with E-state index in [1.165, 1.54) is 12.1 Å². The minimum Gasteiger partial charge on any atom is -0.479 e. The summed E-state index contributed by atoms with van der Waals surface area (Å²) in [4.78, 5) is 36.0. The average molecular weight is 329 g/mol. The number of amides is 1. The van der Waals surface area contributed by atoms with Crippen LogP contribution in [0, 0.1) is 0 Å². The lowest BCUT2D eigenvalue weighted by molar-refractivity contribution is -0.143. The maximum Gasteiger partial charge on any atom is 0.335 e. The summed E-state index contributed by atoms with van der Waals surface area (Å²) < 4.78 is 0.685. The highest BCUT2D eigenvalue weighted by molar-refractivity contribution is 7.78. The molecule has 2 aromatic carbocycles. The molecule has 1 N–H and O–H groups in total. The number of carbonyl (C=O) groups is 3. The van der Waals surface area contributed by atoms with E-state index in [-0.39, 0.29) is 12.0 Å². The van der Waals surface area contributed by atoms with Crippen LogP contribution in [-0.2, 0) is 16.0 Å². The molecule has 2 rings (SSSR count). The fourth-order valence-corrected chi connectivity index (χ4v) is 2.36. The van der Waals surface area contributed by atoms with E-state index in [1.807, 2.05) is 6.07 Å². The molecule has 0 radical (unpaired) electrons. The summed E-state index contributed by atoms with van der Waals surface area (Å²) >= 11 is 3.96. The lowest BCUT2D eigenvalue weighted by Crippen LogP contribution is -2.45. The number of Topliss-reactive ketones (excluding diaryl/α,β-unsaturated/α-hetero) is 1. The second kappa shape index (κ2) is 7.60. The molecule has 1 amide bonds. The molecule has 0 aliphatic carbocycles. The van der Waals surface area contributed by atoms with E-state index < -0.39 is 23.7 Å². The van der Waals surface area contributed by atoms with Crippen LogP contribution in [0.4, 0.5) is 0 Å². The van der Waals surface area contributed by atoms with E-state index in [0.29, 0.717) is 9.87 Å². The summed E-state index contributed by atoms with van der Waals surface area (Å²) in [6, 6.07) is 15.1. The molecule has 0 saturated heterocycles. The van der Waals surface area contributed by atoms with Gasteiger partial charge in [-0.2, -0.15) is 0 Å². The van der Waals surface area contributed by atoms with Gasteiger partial charge in [0.1, 0.15) is 0 Å². The fourth-order valence-electron chi connectivity index (χ4n) is 2.08. The third-order valence-corrected chi connectivity index (χ3v) is 3.69. The summed E-state index contributed by atoms with van der Waals surface area (Å²) in [5.74, 6) is -2.67. The largest absolute Gasteiger partial charge is 0.479 e. The van der Waals surface area contributed by atoms with Crippen molar-refractivity contribution in [2.75, 3.05) is 0 Å². The highest BCUT2D eigenvalue weighted by Gasteiger charge is 2.34. The van der Waals surface area contributed by atoms with E-state index in [2.05, 4.69) is 12.8 Å². The number of ketones is 1. The van der Waals surface area contributed by atoms with Gasteiger partial charge in [0.25, 0.3) is 0 Å². The topological polar surface area (TPSA) is 74.7 Å². The monoisotopic (exact) mass is 329 g/mol. The third-order valence-electron chi connectivity index (χ3n) is 3.24. The molecule has 5 nitrogen and oxygen atoms in total. The van der Waals surface area contributed by atoms with Gasteiger partial charge in [-0.3, -0.25) is 13.9 Å². The second-order valence-corrected chi connectivity index (χ2v) is 5.30. The van der Waals surface area contributed by atoms with E-state index in [0.717, 1.165) is 0 Å². The number of carbonyl (C=O) groups excluding carboxylic acids is 2. The van der Waals surface area contributed by atoms with Crippen LogP contribution in [0.3, 0.4) is 0 Å². The minimum atomic E-state index is -1.67. The molecule has 1 unspecified atom stereocenters. The third kappa shape index (κ3) is 4.20. The number of benzene rings is 2. The molecule has 0 aliphatic rings. The number of rotatable bonds is 6. The van der Waals surface area contributed by atoms with Crippen LogP contribution in [-0.4, -0.2) is 33.1 Å². The van der Waals surface area contributed by atoms with Gasteiger partial charge in [-0.1, -0.05) is 73.5 Å². The molecule has 0 aromatic heterocycles. The molecule has 0 aliphatic heterocycles. The standard InChI is InChI=1S/C17H15NO4S/c19-14(11-12-7-3-1-4-8-12)18(23)15(17(21)22)16(20)13-9-5-2-6-10-13/h1-10,15,23H,11H2,(H,21,22). The van der Waals surface area contributed by atoms with Crippen molar-refractivity contribution in [2.45, 2.75) is 12.5 Å². The van der Waals surface area contributed by atoms with Crippen molar-refractivity contribution in [1.82, 2.24) is 4.31 Å². The van der Waals surface area contributed by atoms with E-state index in [9.17, 15) is 19.5 Å². The van der Waals surface area contributed by atoms with E-state index in [4.69, 9.17) is 0 Å². The fraction of sp³-hybridized carbons (Fsp3) is 0.118. The van der Waals surface area contributed by atoms with Gasteiger partial charge in [-0.05, 0) is 5.56 Å². The van der Waals surface area contributed by atoms with E-state index in [1.54, 1.807) is 42.5 Å². The summed E-state index contributed by atoms with van der Waals surface area (Å²) in [7, 11) is 0. The Kier molecular flexibility index (Phi) is 5.54. The first kappa shape index (κ1) is 16.8. The number of aliphatic carboxylic acids is 1. The van der Waals surface area contributed by atoms with Gasteiger partial charge in [0.15, 0.2) is 5.78 Å². The second-order valence-electron chi connectivity index (χ2n) is 4.87. The Morgan fingerprint density at radius 2 is 1.48 bits per heavy atom. The smallest absolute Gasteiger partial charge is 0.335 e. The van der Waals surface area contributed by atoms with Crippen molar-refractivity contribution in [3.63, 3.8) is 0 Å². The summed E-state index contributed by atoms with van der Waals surface area (Å²) in [5, 5.41) is 9.33. The maximum atomic E-state index is 12.4. The van der Waals surface area contributed by atoms with Crippen LogP contribution in [0.1, 0.15) is 15.9 Å². The first-order chi connectivity index (χ1) is 11.0. The van der Waals surface area contributed by atoms with Gasteiger partial charge in [0, 0.05) is 5.56 Å². The molecule has 0 bridgehead atoms. The van der Waals surface area contributed by atoms with Gasteiger partial charge < -0.3 is 5.11 Å². The highest BCUT2D eigenvalue weighted by Crippen LogP contribution is 2.14. The van der Waals surface area contributed by atoms with Gasteiger partial charge in [0.05, 0.1) is 6.42 Å². The molecular weight excluding hydrogens is 314 g/mol.